The number of furan rings is 1. The van der Waals surface area contributed by atoms with Crippen LogP contribution >= 0.6 is 15.9 Å². The fourth-order valence-corrected chi connectivity index (χ4v) is 2.90. The van der Waals surface area contributed by atoms with Crippen molar-refractivity contribution in [3.8, 4) is 0 Å². The first kappa shape index (κ1) is 13.2. The van der Waals surface area contributed by atoms with Gasteiger partial charge < -0.3 is 9.52 Å². The summed E-state index contributed by atoms with van der Waals surface area (Å²) in [6, 6.07) is 11.4. The first-order valence-electron chi connectivity index (χ1n) is 6.44. The average Bonchev–Trinajstić information content (AvgIpc) is 2.77. The minimum absolute atomic E-state index is 0.475. The van der Waals surface area contributed by atoms with Crippen LogP contribution in [0.4, 0.5) is 0 Å². The minimum Gasteiger partial charge on any atom is -0.481 e. The molecule has 0 spiro atoms. The van der Waals surface area contributed by atoms with Crippen LogP contribution in [0.2, 0.25) is 0 Å². The number of benzene rings is 2. The molecule has 1 unspecified atom stereocenters. The first-order chi connectivity index (χ1) is 9.60. The zero-order valence-corrected chi connectivity index (χ0v) is 12.5. The largest absolute Gasteiger partial charge is 0.481 e. The molecule has 0 aliphatic heterocycles. The maximum atomic E-state index is 11.3. The third-order valence-electron chi connectivity index (χ3n) is 3.56. The molecular weight excluding hydrogens is 320 g/mol. The van der Waals surface area contributed by atoms with E-state index in [4.69, 9.17) is 4.42 Å². The number of carboxylic acids is 1. The van der Waals surface area contributed by atoms with Gasteiger partial charge >= 0.3 is 5.97 Å². The Morgan fingerprint density at radius 1 is 1.20 bits per heavy atom. The van der Waals surface area contributed by atoms with Gasteiger partial charge in [0.1, 0.15) is 11.2 Å². The molecule has 3 aromatic rings. The van der Waals surface area contributed by atoms with E-state index in [0.29, 0.717) is 6.42 Å². The van der Waals surface area contributed by atoms with Gasteiger partial charge in [0.05, 0.1) is 5.92 Å². The van der Waals surface area contributed by atoms with Gasteiger partial charge in [0.25, 0.3) is 0 Å². The van der Waals surface area contributed by atoms with E-state index in [9.17, 15) is 9.90 Å². The van der Waals surface area contributed by atoms with Crippen molar-refractivity contribution in [1.82, 2.24) is 0 Å². The Bertz CT molecular complexity index is 804. The van der Waals surface area contributed by atoms with Gasteiger partial charge in [-0.25, -0.2) is 0 Å². The molecule has 0 aliphatic rings. The van der Waals surface area contributed by atoms with Crippen molar-refractivity contribution in [3.05, 3.63) is 46.4 Å². The smallest absolute Gasteiger partial charge is 0.310 e. The third kappa shape index (κ3) is 2.10. The number of aliphatic carboxylic acids is 1. The molecule has 1 aromatic heterocycles. The highest BCUT2D eigenvalue weighted by Crippen LogP contribution is 2.33. The third-order valence-corrected chi connectivity index (χ3v) is 4.06. The van der Waals surface area contributed by atoms with Gasteiger partial charge in [0.15, 0.2) is 0 Å². The Morgan fingerprint density at radius 2 is 1.85 bits per heavy atom. The molecule has 102 valence electrons. The summed E-state index contributed by atoms with van der Waals surface area (Å²) >= 11 is 3.45. The second-order valence-electron chi connectivity index (χ2n) is 4.80. The van der Waals surface area contributed by atoms with Crippen LogP contribution in [0.15, 0.2) is 45.3 Å². The molecule has 0 radical (unpaired) electrons. The zero-order chi connectivity index (χ0) is 14.3. The van der Waals surface area contributed by atoms with Crippen LogP contribution in [-0.2, 0) is 4.79 Å². The number of hydrogen-bond donors (Lipinski definition) is 1. The highest BCUT2D eigenvalue weighted by molar-refractivity contribution is 9.10. The molecule has 0 saturated heterocycles. The van der Waals surface area contributed by atoms with Gasteiger partial charge in [-0.1, -0.05) is 28.9 Å². The van der Waals surface area contributed by atoms with Gasteiger partial charge in [-0.2, -0.15) is 0 Å². The molecule has 0 amide bonds. The fraction of sp³-hybridized carbons (Fsp3) is 0.188. The molecule has 0 aliphatic carbocycles. The monoisotopic (exact) mass is 332 g/mol. The summed E-state index contributed by atoms with van der Waals surface area (Å²) in [7, 11) is 0. The van der Waals surface area contributed by atoms with E-state index in [-0.39, 0.29) is 0 Å². The number of rotatable bonds is 3. The molecule has 4 heteroatoms. The second-order valence-corrected chi connectivity index (χ2v) is 5.71. The van der Waals surface area contributed by atoms with Crippen LogP contribution in [0.1, 0.15) is 24.8 Å². The Hall–Kier alpha value is -1.81. The van der Waals surface area contributed by atoms with Gasteiger partial charge in [-0.15, -0.1) is 0 Å². The Morgan fingerprint density at radius 3 is 2.50 bits per heavy atom. The summed E-state index contributed by atoms with van der Waals surface area (Å²) in [5, 5.41) is 11.2. The fourth-order valence-electron chi connectivity index (χ4n) is 2.54. The van der Waals surface area contributed by atoms with E-state index >= 15 is 0 Å². The summed E-state index contributed by atoms with van der Waals surface area (Å²) in [5.74, 6) is -1.27. The van der Waals surface area contributed by atoms with E-state index in [1.54, 1.807) is 0 Å². The Kier molecular flexibility index (Phi) is 3.26. The number of halogens is 1. The molecule has 0 fully saturated rings. The molecular formula is C16H13BrO3. The van der Waals surface area contributed by atoms with Crippen molar-refractivity contribution in [1.29, 1.82) is 0 Å². The molecule has 0 bridgehead atoms. The predicted octanol–water partition coefficient (Wildman–Crippen LogP) is 4.93. The van der Waals surface area contributed by atoms with Crippen LogP contribution in [0.5, 0.6) is 0 Å². The number of carboxylic acid groups (broad SMARTS) is 1. The van der Waals surface area contributed by atoms with Crippen molar-refractivity contribution in [2.24, 2.45) is 0 Å². The van der Waals surface area contributed by atoms with E-state index < -0.39 is 11.9 Å². The second kappa shape index (κ2) is 4.94. The molecule has 2 aromatic carbocycles. The van der Waals surface area contributed by atoms with Crippen LogP contribution in [0.3, 0.4) is 0 Å². The molecule has 3 rings (SSSR count). The van der Waals surface area contributed by atoms with Crippen LogP contribution in [-0.4, -0.2) is 11.1 Å². The summed E-state index contributed by atoms with van der Waals surface area (Å²) < 4.78 is 6.74. The molecule has 20 heavy (non-hydrogen) atoms. The SMILES string of the molecule is CCC(C(=O)O)c1ccc2oc3ccc(Br)cc3c2c1. The highest BCUT2D eigenvalue weighted by atomic mass is 79.9. The summed E-state index contributed by atoms with van der Waals surface area (Å²) in [4.78, 5) is 11.3. The topological polar surface area (TPSA) is 50.4 Å². The maximum absolute atomic E-state index is 11.3. The van der Waals surface area contributed by atoms with Gasteiger partial charge in [0.2, 0.25) is 0 Å². The molecule has 1 atom stereocenters. The van der Waals surface area contributed by atoms with E-state index in [1.165, 1.54) is 0 Å². The van der Waals surface area contributed by atoms with E-state index in [1.807, 2.05) is 43.3 Å². The lowest BCUT2D eigenvalue weighted by Crippen LogP contribution is -2.10. The number of hydrogen-bond acceptors (Lipinski definition) is 2. The van der Waals surface area contributed by atoms with E-state index in [2.05, 4.69) is 15.9 Å². The van der Waals surface area contributed by atoms with Crippen LogP contribution in [0.25, 0.3) is 21.9 Å². The van der Waals surface area contributed by atoms with Crippen molar-refractivity contribution in [2.75, 3.05) is 0 Å². The first-order valence-corrected chi connectivity index (χ1v) is 7.24. The van der Waals surface area contributed by atoms with Crippen molar-refractivity contribution < 1.29 is 14.3 Å². The summed E-state index contributed by atoms with van der Waals surface area (Å²) in [5.41, 5.74) is 2.40. The highest BCUT2D eigenvalue weighted by Gasteiger charge is 2.19. The lowest BCUT2D eigenvalue weighted by atomic mass is 9.95. The zero-order valence-electron chi connectivity index (χ0n) is 10.9. The molecule has 3 nitrogen and oxygen atoms in total. The number of carbonyl (C=O) groups is 1. The Balaban J connectivity index is 2.25. The lowest BCUT2D eigenvalue weighted by molar-refractivity contribution is -0.138. The van der Waals surface area contributed by atoms with Gasteiger partial charge in [-0.3, -0.25) is 4.79 Å². The molecule has 1 N–H and O–H groups in total. The molecule has 0 saturated carbocycles. The maximum Gasteiger partial charge on any atom is 0.310 e. The summed E-state index contributed by atoms with van der Waals surface area (Å²) in [6.45, 7) is 1.88. The molecule has 1 heterocycles. The van der Waals surface area contributed by atoms with Crippen molar-refractivity contribution in [2.45, 2.75) is 19.3 Å². The van der Waals surface area contributed by atoms with Gasteiger partial charge in [0, 0.05) is 15.2 Å². The average molecular weight is 333 g/mol. The standard InChI is InChI=1S/C16H13BrO3/c1-2-11(16(18)19)9-3-5-14-12(7-9)13-8-10(17)4-6-15(13)20-14/h3-8,11H,2H2,1H3,(H,18,19). The van der Waals surface area contributed by atoms with Crippen LogP contribution in [0, 0.1) is 0 Å². The quantitative estimate of drug-likeness (QED) is 0.740. The number of fused-ring (bicyclic) bond motifs is 3. The van der Waals surface area contributed by atoms with Crippen molar-refractivity contribution in [3.63, 3.8) is 0 Å². The minimum atomic E-state index is -0.791. The summed E-state index contributed by atoms with van der Waals surface area (Å²) in [6.07, 6.45) is 0.570. The normalized spacial score (nSPS) is 12.9. The van der Waals surface area contributed by atoms with Crippen molar-refractivity contribution >= 4 is 43.8 Å². The lowest BCUT2D eigenvalue weighted by Gasteiger charge is -2.09. The van der Waals surface area contributed by atoms with Crippen LogP contribution < -0.4 is 0 Å². The Labute approximate surface area is 124 Å². The predicted molar refractivity (Wildman–Crippen MR) is 82.1 cm³/mol. The van der Waals surface area contributed by atoms with Gasteiger partial charge in [-0.05, 0) is 42.3 Å². The van der Waals surface area contributed by atoms with E-state index in [0.717, 1.165) is 32.0 Å².